The van der Waals surface area contributed by atoms with E-state index in [1.807, 2.05) is 7.05 Å². The van der Waals surface area contributed by atoms with Crippen molar-refractivity contribution in [3.63, 3.8) is 0 Å². The number of nitrogens with zero attached hydrogens (tertiary/aromatic N) is 4. The molecular weight excluding hydrogens is 343 g/mol. The van der Waals surface area contributed by atoms with Gasteiger partial charge in [-0.15, -0.1) is 12.4 Å². The van der Waals surface area contributed by atoms with E-state index < -0.39 is 16.4 Å². The van der Waals surface area contributed by atoms with Crippen LogP contribution in [0.1, 0.15) is 11.9 Å². The fourth-order valence-corrected chi connectivity index (χ4v) is 2.51. The highest BCUT2D eigenvalue weighted by Crippen LogP contribution is 2.34. The highest BCUT2D eigenvalue weighted by molar-refractivity contribution is 5.85. The van der Waals surface area contributed by atoms with E-state index in [9.17, 15) is 14.5 Å². The van der Waals surface area contributed by atoms with E-state index in [4.69, 9.17) is 10.3 Å². The lowest BCUT2D eigenvalue weighted by Crippen LogP contribution is -2.44. The topological polar surface area (TPSA) is 123 Å². The summed E-state index contributed by atoms with van der Waals surface area (Å²) < 4.78 is 18.7. The van der Waals surface area contributed by atoms with Crippen LogP contribution in [-0.2, 0) is 0 Å². The van der Waals surface area contributed by atoms with Gasteiger partial charge in [-0.05, 0) is 13.1 Å². The fraction of sp³-hybridized carbons (Fsp3) is 0.385. The first kappa shape index (κ1) is 18.0. The summed E-state index contributed by atoms with van der Waals surface area (Å²) in [6, 6.07) is 1.71. The lowest BCUT2D eigenvalue weighted by Gasteiger charge is -2.30. The maximum atomic E-state index is 13.6. The molecule has 1 unspecified atom stereocenters. The third-order valence-electron chi connectivity index (χ3n) is 3.80. The monoisotopic (exact) mass is 358 g/mol. The molecule has 1 fully saturated rings. The second-order valence-electron chi connectivity index (χ2n) is 5.30. The molecule has 3 rings (SSSR count). The van der Waals surface area contributed by atoms with Crippen LogP contribution in [0.2, 0.25) is 0 Å². The molecule has 0 aliphatic carbocycles. The molecule has 0 amide bonds. The first-order valence-electron chi connectivity index (χ1n) is 6.95. The zero-order valence-corrected chi connectivity index (χ0v) is 13.5. The Morgan fingerprint density at radius 2 is 2.29 bits per heavy atom. The van der Waals surface area contributed by atoms with Crippen LogP contribution >= 0.6 is 12.4 Å². The molecule has 0 bridgehead atoms. The summed E-state index contributed by atoms with van der Waals surface area (Å²) in [7, 11) is 1.93. The molecule has 0 spiro atoms. The van der Waals surface area contributed by atoms with Gasteiger partial charge < -0.3 is 15.6 Å². The van der Waals surface area contributed by atoms with Gasteiger partial charge in [0.15, 0.2) is 5.82 Å². The summed E-state index contributed by atoms with van der Waals surface area (Å²) in [6.07, 6.45) is 0. The minimum atomic E-state index is -0.794. The largest absolute Gasteiger partial charge is 0.393 e. The average Bonchev–Trinajstić information content (AvgIpc) is 2.99. The van der Waals surface area contributed by atoms with Crippen molar-refractivity contribution in [1.82, 2.24) is 20.4 Å². The Balaban J connectivity index is 0.00000208. The Labute approximate surface area is 142 Å². The number of aromatic nitrogens is 2. The molecule has 0 radical (unpaired) electrons. The van der Waals surface area contributed by atoms with Crippen molar-refractivity contribution >= 4 is 23.8 Å². The molecule has 1 saturated heterocycles. The quantitative estimate of drug-likeness (QED) is 0.479. The van der Waals surface area contributed by atoms with E-state index in [0.29, 0.717) is 12.4 Å². The Bertz CT molecular complexity index is 755. The number of nitro groups is 1. The molecule has 130 valence electrons. The maximum Gasteiger partial charge on any atom is 0.295 e. The van der Waals surface area contributed by atoms with Crippen LogP contribution < -0.4 is 11.1 Å². The third-order valence-corrected chi connectivity index (χ3v) is 3.80. The van der Waals surface area contributed by atoms with E-state index in [0.717, 1.165) is 25.2 Å². The van der Waals surface area contributed by atoms with Gasteiger partial charge in [-0.3, -0.25) is 15.0 Å². The lowest BCUT2D eigenvalue weighted by molar-refractivity contribution is -0.384. The summed E-state index contributed by atoms with van der Waals surface area (Å²) in [5.74, 6) is -0.419. The van der Waals surface area contributed by atoms with E-state index in [-0.39, 0.29) is 35.6 Å². The van der Waals surface area contributed by atoms with Gasteiger partial charge in [-0.25, -0.2) is 4.39 Å². The Morgan fingerprint density at radius 1 is 1.54 bits per heavy atom. The molecule has 2 aromatic rings. The SMILES string of the molecule is CN1CCNCC1c1noc(-c2cc(F)cc([N+](=O)[O-])c2N)n1.Cl. The molecule has 24 heavy (non-hydrogen) atoms. The summed E-state index contributed by atoms with van der Waals surface area (Å²) >= 11 is 0. The van der Waals surface area contributed by atoms with Crippen LogP contribution in [0, 0.1) is 15.9 Å². The number of hydrogen-bond acceptors (Lipinski definition) is 8. The third kappa shape index (κ3) is 3.30. The van der Waals surface area contributed by atoms with E-state index in [2.05, 4.69) is 20.4 Å². The highest BCUT2D eigenvalue weighted by Gasteiger charge is 2.27. The number of benzene rings is 1. The normalized spacial score (nSPS) is 18.2. The Hall–Kier alpha value is -2.30. The van der Waals surface area contributed by atoms with Gasteiger partial charge in [-0.2, -0.15) is 4.98 Å². The van der Waals surface area contributed by atoms with Gasteiger partial charge in [0, 0.05) is 19.6 Å². The second kappa shape index (κ2) is 7.07. The van der Waals surface area contributed by atoms with Crippen molar-refractivity contribution in [2.75, 3.05) is 32.4 Å². The second-order valence-corrected chi connectivity index (χ2v) is 5.30. The molecule has 1 aromatic heterocycles. The predicted octanol–water partition coefficient (Wildman–Crippen LogP) is 1.36. The number of nitrogen functional groups attached to an aromatic ring is 1. The van der Waals surface area contributed by atoms with E-state index >= 15 is 0 Å². The van der Waals surface area contributed by atoms with Crippen molar-refractivity contribution in [3.8, 4) is 11.5 Å². The summed E-state index contributed by atoms with van der Waals surface area (Å²) in [5.41, 5.74) is 5.02. The summed E-state index contributed by atoms with van der Waals surface area (Å²) in [4.78, 5) is 16.5. The van der Waals surface area contributed by atoms with Gasteiger partial charge in [-0.1, -0.05) is 5.16 Å². The van der Waals surface area contributed by atoms with Gasteiger partial charge in [0.25, 0.3) is 11.6 Å². The fourth-order valence-electron chi connectivity index (χ4n) is 2.51. The van der Waals surface area contributed by atoms with Crippen molar-refractivity contribution in [3.05, 3.63) is 33.9 Å². The van der Waals surface area contributed by atoms with Crippen LogP contribution in [0.3, 0.4) is 0 Å². The lowest BCUT2D eigenvalue weighted by atomic mass is 10.1. The van der Waals surface area contributed by atoms with Gasteiger partial charge in [0.1, 0.15) is 11.5 Å². The van der Waals surface area contributed by atoms with Gasteiger partial charge >= 0.3 is 0 Å². The van der Waals surface area contributed by atoms with Crippen LogP contribution in [0.4, 0.5) is 15.8 Å². The molecule has 2 heterocycles. The molecule has 1 aliphatic rings. The predicted molar refractivity (Wildman–Crippen MR) is 86.2 cm³/mol. The van der Waals surface area contributed by atoms with E-state index in [1.54, 1.807) is 0 Å². The van der Waals surface area contributed by atoms with Crippen LogP contribution in [0.25, 0.3) is 11.5 Å². The molecule has 3 N–H and O–H groups in total. The minimum Gasteiger partial charge on any atom is -0.393 e. The Kier molecular flexibility index (Phi) is 5.32. The molecular formula is C13H16ClFN6O3. The smallest absolute Gasteiger partial charge is 0.295 e. The van der Waals surface area contributed by atoms with Gasteiger partial charge in [0.05, 0.1) is 22.6 Å². The number of piperazine rings is 1. The number of nitrogens with one attached hydrogen (secondary N) is 1. The highest BCUT2D eigenvalue weighted by atomic mass is 35.5. The molecule has 9 nitrogen and oxygen atoms in total. The molecule has 1 aliphatic heterocycles. The molecule has 11 heteroatoms. The zero-order valence-electron chi connectivity index (χ0n) is 12.7. The van der Waals surface area contributed by atoms with E-state index in [1.165, 1.54) is 0 Å². The minimum absolute atomic E-state index is 0. The number of anilines is 1. The zero-order chi connectivity index (χ0) is 16.6. The molecule has 1 aromatic carbocycles. The van der Waals surface area contributed by atoms with Crippen LogP contribution in [0.5, 0.6) is 0 Å². The molecule has 1 atom stereocenters. The number of hydrogen-bond donors (Lipinski definition) is 2. The van der Waals surface area contributed by atoms with Crippen molar-refractivity contribution in [2.24, 2.45) is 0 Å². The molecule has 0 saturated carbocycles. The van der Waals surface area contributed by atoms with Crippen molar-refractivity contribution in [1.29, 1.82) is 0 Å². The average molecular weight is 359 g/mol. The number of nitrogens with two attached hydrogens (primary N) is 1. The first-order valence-corrected chi connectivity index (χ1v) is 6.95. The first-order chi connectivity index (χ1) is 11.0. The number of nitro benzene ring substituents is 1. The van der Waals surface area contributed by atoms with Crippen molar-refractivity contribution < 1.29 is 13.8 Å². The van der Waals surface area contributed by atoms with Crippen LogP contribution in [0.15, 0.2) is 16.7 Å². The number of rotatable bonds is 3. The van der Waals surface area contributed by atoms with Crippen LogP contribution in [-0.4, -0.2) is 46.6 Å². The van der Waals surface area contributed by atoms with Crippen molar-refractivity contribution in [2.45, 2.75) is 6.04 Å². The number of likely N-dealkylation sites (N-methyl/N-ethyl adjacent to an activating group) is 1. The summed E-state index contributed by atoms with van der Waals surface area (Å²) in [5, 5.41) is 18.0. The number of halogens is 2. The van der Waals surface area contributed by atoms with Gasteiger partial charge in [0.2, 0.25) is 0 Å². The summed E-state index contributed by atoms with van der Waals surface area (Å²) in [6.45, 7) is 2.33. The standard InChI is InChI=1S/C13H15FN6O3.ClH/c1-19-3-2-16-6-10(19)12-17-13(23-18-12)8-4-7(14)5-9(11(8)15)20(21)22;/h4-5,10,16H,2-3,6,15H2,1H3;1H. The maximum absolute atomic E-state index is 13.6. The Morgan fingerprint density at radius 3 is 2.96 bits per heavy atom.